The lowest BCUT2D eigenvalue weighted by Gasteiger charge is -2.16. The fourth-order valence-corrected chi connectivity index (χ4v) is 2.07. The highest BCUT2D eigenvalue weighted by atomic mass is 32.2. The van der Waals surface area contributed by atoms with Crippen LogP contribution in [0.25, 0.3) is 0 Å². The number of thioether (sulfide) groups is 1. The average molecular weight is 214 g/mol. The highest BCUT2D eigenvalue weighted by Gasteiger charge is 2.12. The smallest absolute Gasteiger partial charge is 0.190 e. The largest absolute Gasteiger partial charge is 0.327 e. The Kier molecular flexibility index (Phi) is 4.41. The van der Waals surface area contributed by atoms with Gasteiger partial charge in [0.15, 0.2) is 5.16 Å². The van der Waals surface area contributed by atoms with Crippen LogP contribution in [0.2, 0.25) is 0 Å². The summed E-state index contributed by atoms with van der Waals surface area (Å²) >= 11 is 1.67. The molecule has 0 bridgehead atoms. The lowest BCUT2D eigenvalue weighted by Crippen LogP contribution is -2.30. The Labute approximate surface area is 89.3 Å². The maximum Gasteiger partial charge on any atom is 0.190 e. The zero-order valence-corrected chi connectivity index (χ0v) is 9.79. The summed E-state index contributed by atoms with van der Waals surface area (Å²) in [4.78, 5) is 0. The third kappa shape index (κ3) is 2.99. The molecule has 2 N–H and O–H groups in total. The van der Waals surface area contributed by atoms with Gasteiger partial charge in [0.2, 0.25) is 0 Å². The molecule has 1 aromatic rings. The van der Waals surface area contributed by atoms with Gasteiger partial charge in [0, 0.05) is 18.8 Å². The number of nitrogens with zero attached hydrogens (tertiary/aromatic N) is 3. The summed E-state index contributed by atoms with van der Waals surface area (Å²) < 4.78 is 1.91. The van der Waals surface area contributed by atoms with E-state index in [4.69, 9.17) is 5.73 Å². The monoisotopic (exact) mass is 214 g/mol. The van der Waals surface area contributed by atoms with Crippen LogP contribution in [0, 0.1) is 5.92 Å². The zero-order chi connectivity index (χ0) is 10.6. The quantitative estimate of drug-likeness (QED) is 0.750. The van der Waals surface area contributed by atoms with Crippen molar-refractivity contribution in [3.63, 3.8) is 0 Å². The second-order valence-electron chi connectivity index (χ2n) is 3.58. The maximum atomic E-state index is 6.02. The number of rotatable bonds is 5. The molecule has 0 unspecified atom stereocenters. The Balaban J connectivity index is 2.37. The molecule has 1 rings (SSSR count). The van der Waals surface area contributed by atoms with Gasteiger partial charge in [0.05, 0.1) is 0 Å². The van der Waals surface area contributed by atoms with E-state index in [1.807, 2.05) is 11.6 Å². The van der Waals surface area contributed by atoms with E-state index in [0.717, 1.165) is 17.3 Å². The number of hydrogen-bond acceptors (Lipinski definition) is 4. The predicted octanol–water partition coefficient (Wildman–Crippen LogP) is 1.28. The van der Waals surface area contributed by atoms with Gasteiger partial charge in [-0.25, -0.2) is 0 Å². The molecule has 5 heteroatoms. The fourth-order valence-electron chi connectivity index (χ4n) is 1.04. The zero-order valence-electron chi connectivity index (χ0n) is 8.97. The normalized spacial score (nSPS) is 15.4. The van der Waals surface area contributed by atoms with Gasteiger partial charge in [-0.1, -0.05) is 32.0 Å². The lowest BCUT2D eigenvalue weighted by molar-refractivity contribution is 0.475. The van der Waals surface area contributed by atoms with Crippen molar-refractivity contribution < 1.29 is 0 Å². The first-order valence-corrected chi connectivity index (χ1v) is 5.86. The summed E-state index contributed by atoms with van der Waals surface area (Å²) in [5.41, 5.74) is 6.02. The summed E-state index contributed by atoms with van der Waals surface area (Å²) in [5, 5.41) is 8.74. The van der Waals surface area contributed by atoms with Crippen LogP contribution in [-0.4, -0.2) is 26.6 Å². The molecule has 1 aromatic heterocycles. The molecule has 0 aliphatic carbocycles. The number of hydrogen-bond donors (Lipinski definition) is 1. The third-order valence-corrected chi connectivity index (χ3v) is 3.63. The van der Waals surface area contributed by atoms with Crippen molar-refractivity contribution in [2.24, 2.45) is 18.7 Å². The SMILES string of the molecule is CC[C@@H](C)[C@H](N)CSc1nncn1C. The van der Waals surface area contributed by atoms with Gasteiger partial charge in [-0.2, -0.15) is 0 Å². The predicted molar refractivity (Wildman–Crippen MR) is 59.2 cm³/mol. The Bertz CT molecular complexity index is 274. The minimum absolute atomic E-state index is 0.238. The maximum absolute atomic E-state index is 6.02. The second kappa shape index (κ2) is 5.36. The van der Waals surface area contributed by atoms with Crippen LogP contribution in [0.4, 0.5) is 0 Å². The van der Waals surface area contributed by atoms with Gasteiger partial charge >= 0.3 is 0 Å². The van der Waals surface area contributed by atoms with E-state index < -0.39 is 0 Å². The topological polar surface area (TPSA) is 56.7 Å². The van der Waals surface area contributed by atoms with E-state index >= 15 is 0 Å². The van der Waals surface area contributed by atoms with Gasteiger partial charge in [0.25, 0.3) is 0 Å². The molecular weight excluding hydrogens is 196 g/mol. The van der Waals surface area contributed by atoms with Crippen LogP contribution in [0.1, 0.15) is 20.3 Å². The van der Waals surface area contributed by atoms with Crippen molar-refractivity contribution in [2.45, 2.75) is 31.5 Å². The number of aryl methyl sites for hydroxylation is 1. The molecular formula is C9H18N4S. The van der Waals surface area contributed by atoms with Crippen molar-refractivity contribution in [1.82, 2.24) is 14.8 Å². The molecule has 0 aliphatic heterocycles. The van der Waals surface area contributed by atoms with Gasteiger partial charge in [0.1, 0.15) is 6.33 Å². The van der Waals surface area contributed by atoms with E-state index in [9.17, 15) is 0 Å². The number of nitrogens with two attached hydrogens (primary N) is 1. The van der Waals surface area contributed by atoms with E-state index in [1.54, 1.807) is 18.1 Å². The average Bonchev–Trinajstić information content (AvgIpc) is 2.59. The van der Waals surface area contributed by atoms with Gasteiger partial charge in [-0.3, -0.25) is 0 Å². The molecule has 0 saturated heterocycles. The summed E-state index contributed by atoms with van der Waals surface area (Å²) in [7, 11) is 1.94. The molecule has 0 saturated carbocycles. The van der Waals surface area contributed by atoms with Crippen molar-refractivity contribution in [1.29, 1.82) is 0 Å². The van der Waals surface area contributed by atoms with Crippen molar-refractivity contribution >= 4 is 11.8 Å². The standard InChI is InChI=1S/C9H18N4S/c1-4-7(2)8(10)5-14-9-12-11-6-13(9)3/h6-8H,4-5,10H2,1-3H3/t7-,8-/m1/s1. The van der Waals surface area contributed by atoms with Crippen LogP contribution < -0.4 is 5.73 Å². The minimum Gasteiger partial charge on any atom is -0.327 e. The van der Waals surface area contributed by atoms with E-state index in [0.29, 0.717) is 5.92 Å². The fraction of sp³-hybridized carbons (Fsp3) is 0.778. The Morgan fingerprint density at radius 3 is 2.86 bits per heavy atom. The van der Waals surface area contributed by atoms with Gasteiger partial charge in [-0.15, -0.1) is 10.2 Å². The Morgan fingerprint density at radius 2 is 2.36 bits per heavy atom. The number of aromatic nitrogens is 3. The molecule has 80 valence electrons. The van der Waals surface area contributed by atoms with E-state index in [1.165, 1.54) is 0 Å². The molecule has 0 aromatic carbocycles. The Morgan fingerprint density at radius 1 is 1.64 bits per heavy atom. The van der Waals surface area contributed by atoms with Crippen LogP contribution in [0.3, 0.4) is 0 Å². The van der Waals surface area contributed by atoms with Gasteiger partial charge < -0.3 is 10.3 Å². The minimum atomic E-state index is 0.238. The molecule has 4 nitrogen and oxygen atoms in total. The van der Waals surface area contributed by atoms with E-state index in [2.05, 4.69) is 24.0 Å². The highest BCUT2D eigenvalue weighted by Crippen LogP contribution is 2.17. The first kappa shape index (κ1) is 11.5. The molecule has 1 heterocycles. The summed E-state index contributed by atoms with van der Waals surface area (Å²) in [6, 6.07) is 0.238. The van der Waals surface area contributed by atoms with Crippen molar-refractivity contribution in [3.8, 4) is 0 Å². The van der Waals surface area contributed by atoms with Crippen molar-refractivity contribution in [2.75, 3.05) is 5.75 Å². The molecule has 2 atom stereocenters. The first-order chi connectivity index (χ1) is 6.65. The Hall–Kier alpha value is -0.550. The van der Waals surface area contributed by atoms with Crippen LogP contribution in [-0.2, 0) is 7.05 Å². The molecule has 0 spiro atoms. The van der Waals surface area contributed by atoms with Crippen LogP contribution >= 0.6 is 11.8 Å². The summed E-state index contributed by atoms with van der Waals surface area (Å²) in [5.74, 6) is 1.47. The van der Waals surface area contributed by atoms with Crippen molar-refractivity contribution in [3.05, 3.63) is 6.33 Å². The summed E-state index contributed by atoms with van der Waals surface area (Å²) in [6.07, 6.45) is 2.83. The molecule has 0 fully saturated rings. The molecule has 14 heavy (non-hydrogen) atoms. The summed E-state index contributed by atoms with van der Waals surface area (Å²) in [6.45, 7) is 4.35. The molecule has 0 radical (unpaired) electrons. The third-order valence-electron chi connectivity index (χ3n) is 2.45. The van der Waals surface area contributed by atoms with E-state index in [-0.39, 0.29) is 6.04 Å². The highest BCUT2D eigenvalue weighted by molar-refractivity contribution is 7.99. The first-order valence-electron chi connectivity index (χ1n) is 4.87. The van der Waals surface area contributed by atoms with Crippen LogP contribution in [0.15, 0.2) is 11.5 Å². The van der Waals surface area contributed by atoms with Crippen LogP contribution in [0.5, 0.6) is 0 Å². The molecule has 0 aliphatic rings. The molecule has 0 amide bonds. The lowest BCUT2D eigenvalue weighted by atomic mass is 10.0. The van der Waals surface area contributed by atoms with Gasteiger partial charge in [-0.05, 0) is 5.92 Å². The second-order valence-corrected chi connectivity index (χ2v) is 4.57.